The molecule has 1 aromatic carbocycles. The Kier molecular flexibility index (Phi) is 1.33. The van der Waals surface area contributed by atoms with Gasteiger partial charge in [0.15, 0.2) is 0 Å². The van der Waals surface area contributed by atoms with E-state index in [1.807, 2.05) is 6.07 Å². The summed E-state index contributed by atoms with van der Waals surface area (Å²) < 4.78 is 0. The van der Waals surface area contributed by atoms with Gasteiger partial charge < -0.3 is 0 Å². The zero-order valence-corrected chi connectivity index (χ0v) is 6.19. The number of nitrogens with one attached hydrogen (secondary N) is 1. The van der Waals surface area contributed by atoms with Gasteiger partial charge in [-0.3, -0.25) is 10.0 Å². The maximum atomic E-state index is 11.2. The Hall–Kier alpha value is -1.84. The van der Waals surface area contributed by atoms with E-state index in [9.17, 15) is 4.79 Å². The first-order valence-corrected chi connectivity index (χ1v) is 3.50. The number of nitrogens with zero attached hydrogens (tertiary/aromatic N) is 1. The molecule has 0 aliphatic carbocycles. The summed E-state index contributed by atoms with van der Waals surface area (Å²) in [7, 11) is 0. The summed E-state index contributed by atoms with van der Waals surface area (Å²) in [6.45, 7) is 0. The van der Waals surface area contributed by atoms with Gasteiger partial charge in [-0.1, -0.05) is 17.2 Å². The van der Waals surface area contributed by atoms with Crippen LogP contribution in [0.2, 0.25) is 0 Å². The van der Waals surface area contributed by atoms with Crippen LogP contribution in [-0.4, -0.2) is 10.3 Å². The van der Waals surface area contributed by atoms with Crippen LogP contribution in [0.1, 0.15) is 0 Å². The van der Waals surface area contributed by atoms with Gasteiger partial charge in [0, 0.05) is 0 Å². The predicted molar refractivity (Wildman–Crippen MR) is 41.9 cm³/mol. The fourth-order valence-corrected chi connectivity index (χ4v) is 1.14. The van der Waals surface area contributed by atoms with Gasteiger partial charge >= 0.3 is 5.56 Å². The molecule has 1 aromatic heterocycles. The molecule has 12 heavy (non-hydrogen) atoms. The lowest BCUT2D eigenvalue weighted by Gasteiger charge is -1.89. The number of hydrogen-bond donors (Lipinski definition) is 2. The Morgan fingerprint density at radius 3 is 2.92 bits per heavy atom. The number of aromatic nitrogens is 2. The number of H-pyrrole nitrogens is 1. The SMILES string of the molecule is O=c1[nH][n+](O)cc2ccccc12. The van der Waals surface area contributed by atoms with E-state index in [1.165, 1.54) is 6.20 Å². The Bertz CT molecular complexity index is 476. The Morgan fingerprint density at radius 2 is 2.08 bits per heavy atom. The average Bonchev–Trinajstić information content (AvgIpc) is 2.04. The summed E-state index contributed by atoms with van der Waals surface area (Å²) in [5.74, 6) is 0. The van der Waals surface area contributed by atoms with Crippen molar-refractivity contribution in [3.8, 4) is 0 Å². The molecule has 2 aromatic rings. The molecule has 4 heteroatoms. The lowest BCUT2D eigenvalue weighted by molar-refractivity contribution is -0.948. The van der Waals surface area contributed by atoms with Crippen molar-refractivity contribution in [1.82, 2.24) is 5.10 Å². The molecule has 2 rings (SSSR count). The first kappa shape index (κ1) is 6.84. The van der Waals surface area contributed by atoms with Crippen molar-refractivity contribution in [1.29, 1.82) is 0 Å². The van der Waals surface area contributed by atoms with Gasteiger partial charge in [0.2, 0.25) is 0 Å². The number of fused-ring (bicyclic) bond motifs is 1. The van der Waals surface area contributed by atoms with Crippen LogP contribution < -0.4 is 10.4 Å². The van der Waals surface area contributed by atoms with Crippen molar-refractivity contribution in [3.63, 3.8) is 0 Å². The standard InChI is InChI=1S/C8H6N2O2/c11-8-7-4-2-1-3-6(7)5-10(12)9-8/h1-5H,(H-,9,11,12)/p+1. The van der Waals surface area contributed by atoms with Crippen LogP contribution in [0, 0.1) is 0 Å². The van der Waals surface area contributed by atoms with Crippen LogP contribution in [0.15, 0.2) is 35.3 Å². The summed E-state index contributed by atoms with van der Waals surface area (Å²) in [5, 5.41) is 12.5. The predicted octanol–water partition coefficient (Wildman–Crippen LogP) is 0.0529. The minimum absolute atomic E-state index is 0.296. The van der Waals surface area contributed by atoms with Crippen molar-refractivity contribution in [2.75, 3.05) is 0 Å². The molecule has 60 valence electrons. The fraction of sp³-hybridized carbons (Fsp3) is 0. The van der Waals surface area contributed by atoms with Gasteiger partial charge in [-0.15, -0.1) is 0 Å². The molecular formula is C8H7N2O2+. The lowest BCUT2D eigenvalue weighted by Crippen LogP contribution is -2.39. The quantitative estimate of drug-likeness (QED) is 0.426. The second-order valence-corrected chi connectivity index (χ2v) is 2.50. The molecule has 0 unspecified atom stereocenters. The highest BCUT2D eigenvalue weighted by Crippen LogP contribution is 2.03. The molecule has 2 N–H and O–H groups in total. The van der Waals surface area contributed by atoms with E-state index in [4.69, 9.17) is 5.21 Å². The van der Waals surface area contributed by atoms with Crippen molar-refractivity contribution >= 4 is 10.8 Å². The first-order chi connectivity index (χ1) is 5.77. The van der Waals surface area contributed by atoms with Crippen molar-refractivity contribution < 1.29 is 10.1 Å². The first-order valence-electron chi connectivity index (χ1n) is 3.50. The average molecular weight is 163 g/mol. The fourth-order valence-electron chi connectivity index (χ4n) is 1.14. The molecule has 0 bridgehead atoms. The van der Waals surface area contributed by atoms with E-state index in [-0.39, 0.29) is 5.56 Å². The number of hydrogen-bond acceptors (Lipinski definition) is 2. The maximum absolute atomic E-state index is 11.2. The highest BCUT2D eigenvalue weighted by Gasteiger charge is 2.03. The molecular weight excluding hydrogens is 156 g/mol. The second-order valence-electron chi connectivity index (χ2n) is 2.50. The highest BCUT2D eigenvalue weighted by atomic mass is 16.5. The van der Waals surface area contributed by atoms with Gasteiger partial charge in [-0.25, -0.2) is 0 Å². The van der Waals surface area contributed by atoms with E-state index in [0.717, 1.165) is 0 Å². The third kappa shape index (κ3) is 0.934. The number of aromatic amines is 1. The summed E-state index contributed by atoms with van der Waals surface area (Å²) in [6, 6.07) is 7.05. The van der Waals surface area contributed by atoms with Crippen molar-refractivity contribution in [3.05, 3.63) is 40.8 Å². The summed E-state index contributed by atoms with van der Waals surface area (Å²) in [6.07, 6.45) is 1.44. The molecule has 0 saturated heterocycles. The largest absolute Gasteiger partial charge is 0.310 e. The van der Waals surface area contributed by atoms with Crippen LogP contribution in [-0.2, 0) is 0 Å². The van der Waals surface area contributed by atoms with E-state index in [0.29, 0.717) is 15.6 Å². The summed E-state index contributed by atoms with van der Waals surface area (Å²) in [4.78, 5) is 11.8. The summed E-state index contributed by atoms with van der Waals surface area (Å²) >= 11 is 0. The highest BCUT2D eigenvalue weighted by molar-refractivity contribution is 5.79. The number of rotatable bonds is 0. The van der Waals surface area contributed by atoms with Gasteiger partial charge in [-0.2, -0.15) is 0 Å². The molecule has 0 saturated carbocycles. The minimum Gasteiger partial charge on any atom is -0.263 e. The van der Waals surface area contributed by atoms with Gasteiger partial charge in [0.1, 0.15) is 0 Å². The van der Waals surface area contributed by atoms with Crippen LogP contribution in [0.3, 0.4) is 0 Å². The van der Waals surface area contributed by atoms with E-state index < -0.39 is 0 Å². The third-order valence-corrected chi connectivity index (χ3v) is 1.68. The molecule has 4 nitrogen and oxygen atoms in total. The van der Waals surface area contributed by atoms with Crippen LogP contribution in [0.25, 0.3) is 10.8 Å². The minimum atomic E-state index is -0.296. The van der Waals surface area contributed by atoms with Gasteiger partial charge in [-0.05, 0) is 12.1 Å². The maximum Gasteiger partial charge on any atom is 0.310 e. The van der Waals surface area contributed by atoms with Gasteiger partial charge in [0.25, 0.3) is 6.20 Å². The van der Waals surface area contributed by atoms with Gasteiger partial charge in [0.05, 0.1) is 15.6 Å². The lowest BCUT2D eigenvalue weighted by atomic mass is 10.2. The molecule has 0 aliphatic heterocycles. The van der Waals surface area contributed by atoms with E-state index in [2.05, 4.69) is 5.10 Å². The molecule has 1 heterocycles. The Labute approximate surface area is 67.6 Å². The van der Waals surface area contributed by atoms with Crippen LogP contribution in [0.5, 0.6) is 0 Å². The van der Waals surface area contributed by atoms with Crippen molar-refractivity contribution in [2.45, 2.75) is 0 Å². The monoisotopic (exact) mass is 163 g/mol. The third-order valence-electron chi connectivity index (χ3n) is 1.68. The van der Waals surface area contributed by atoms with E-state index >= 15 is 0 Å². The molecule has 0 radical (unpaired) electrons. The molecule has 0 atom stereocenters. The number of benzene rings is 1. The Balaban J connectivity index is 2.99. The van der Waals surface area contributed by atoms with Crippen LogP contribution >= 0.6 is 0 Å². The Morgan fingerprint density at radius 1 is 1.33 bits per heavy atom. The topological polar surface area (TPSA) is 57.0 Å². The normalized spacial score (nSPS) is 10.3. The second kappa shape index (κ2) is 2.34. The molecule has 0 spiro atoms. The van der Waals surface area contributed by atoms with Crippen LogP contribution in [0.4, 0.5) is 0 Å². The van der Waals surface area contributed by atoms with E-state index in [1.54, 1.807) is 18.2 Å². The zero-order valence-electron chi connectivity index (χ0n) is 6.19. The zero-order chi connectivity index (χ0) is 8.55. The molecule has 0 amide bonds. The summed E-state index contributed by atoms with van der Waals surface area (Å²) in [5.41, 5.74) is -0.296. The smallest absolute Gasteiger partial charge is 0.263 e. The molecule has 0 fully saturated rings. The van der Waals surface area contributed by atoms with Crippen molar-refractivity contribution in [2.24, 2.45) is 0 Å². The molecule has 0 aliphatic rings.